The molecule has 5 atom stereocenters. The molecule has 0 fully saturated rings. The van der Waals surface area contributed by atoms with Crippen molar-refractivity contribution >= 4 is 33.6 Å². The fourth-order valence-electron chi connectivity index (χ4n) is 11.3. The van der Waals surface area contributed by atoms with E-state index in [9.17, 15) is 43.5 Å². The summed E-state index contributed by atoms with van der Waals surface area (Å²) in [7, 11) is -9.78. The zero-order valence-corrected chi connectivity index (χ0v) is 68.2. The van der Waals surface area contributed by atoms with Crippen LogP contribution in [0.15, 0.2) is 122 Å². The molecule has 0 aromatic carbocycles. The molecule has 0 bridgehead atoms. The SMILES string of the molecule is CC/C=C\C/C=C\C/C=C\C/C=C\C/C=C\C/C=C\CCCCCCCCCCC(=O)OCC(COP(=O)(O)OCC(O)COP(=O)(O)OCC(O)COC(=O)CCCCCCCCCCCCCCCCC/C=C\C/C=C\C/C=C\C/C=C\CCCCC)OC(=O)CCCCCCCCCCCCC. The van der Waals surface area contributed by atoms with Crippen molar-refractivity contribution in [3.63, 3.8) is 0 Å². The van der Waals surface area contributed by atoms with Gasteiger partial charge in [0.05, 0.1) is 26.4 Å². The molecule has 0 aliphatic carbocycles. The summed E-state index contributed by atoms with van der Waals surface area (Å²) in [5, 5.41) is 20.6. The normalized spacial score (nSPS) is 14.5. The number of carbonyl (C=O) groups is 3. The number of phosphoric ester groups is 2. The average Bonchev–Trinajstić information content (AvgIpc) is 0.918. The third-order valence-corrected chi connectivity index (χ3v) is 19.6. The Kier molecular flexibility index (Phi) is 76.4. The van der Waals surface area contributed by atoms with Crippen molar-refractivity contribution in [1.29, 1.82) is 0 Å². The van der Waals surface area contributed by atoms with Crippen LogP contribution < -0.4 is 0 Å². The van der Waals surface area contributed by atoms with Crippen molar-refractivity contribution in [3.8, 4) is 0 Å². The van der Waals surface area contributed by atoms with E-state index in [0.29, 0.717) is 19.3 Å². The van der Waals surface area contributed by atoms with Gasteiger partial charge in [-0.2, -0.15) is 0 Å². The fourth-order valence-corrected chi connectivity index (χ4v) is 12.9. The molecule has 0 aromatic rings. The highest BCUT2D eigenvalue weighted by Crippen LogP contribution is 2.45. The number of rotatable bonds is 79. The molecule has 0 aliphatic heterocycles. The Morgan fingerprint density at radius 1 is 0.276 bits per heavy atom. The molecule has 0 aliphatic rings. The van der Waals surface area contributed by atoms with E-state index in [1.54, 1.807) is 0 Å². The molecule has 0 spiro atoms. The van der Waals surface area contributed by atoms with Crippen LogP contribution in [0.25, 0.3) is 0 Å². The first-order valence-corrected chi connectivity index (χ1v) is 44.8. The molecule has 18 heteroatoms. The lowest BCUT2D eigenvalue weighted by Gasteiger charge is -2.21. The van der Waals surface area contributed by atoms with E-state index in [1.807, 2.05) is 0 Å². The molecular weight excluding hydrogens is 1360 g/mol. The molecule has 606 valence electrons. The molecule has 0 heterocycles. The summed E-state index contributed by atoms with van der Waals surface area (Å²) in [5.74, 6) is -1.57. The Hall–Kier alpha value is -4.05. The molecule has 0 amide bonds. The Bertz CT molecular complexity index is 2390. The number of unbranched alkanes of at least 4 members (excludes halogenated alkanes) is 36. The first-order valence-electron chi connectivity index (χ1n) is 41.8. The van der Waals surface area contributed by atoms with E-state index < -0.39 is 91.5 Å². The van der Waals surface area contributed by atoms with Gasteiger partial charge in [-0.25, -0.2) is 9.13 Å². The third kappa shape index (κ3) is 80.8. The monoisotopic (exact) mass is 1520 g/mol. The topological polar surface area (TPSA) is 231 Å². The van der Waals surface area contributed by atoms with Crippen LogP contribution in [0.3, 0.4) is 0 Å². The van der Waals surface area contributed by atoms with Crippen LogP contribution in [0, 0.1) is 0 Å². The minimum Gasteiger partial charge on any atom is -0.463 e. The van der Waals surface area contributed by atoms with E-state index in [4.69, 9.17) is 32.3 Å². The third-order valence-electron chi connectivity index (χ3n) is 17.7. The number of hydrogen-bond acceptors (Lipinski definition) is 14. The van der Waals surface area contributed by atoms with Gasteiger partial charge in [0.1, 0.15) is 25.4 Å². The van der Waals surface area contributed by atoms with Crippen LogP contribution in [0.4, 0.5) is 0 Å². The van der Waals surface area contributed by atoms with E-state index in [0.717, 1.165) is 135 Å². The number of aliphatic hydroxyl groups excluding tert-OH is 2. The summed E-state index contributed by atoms with van der Waals surface area (Å²) in [5.41, 5.74) is 0. The molecule has 4 N–H and O–H groups in total. The predicted molar refractivity (Wildman–Crippen MR) is 436 cm³/mol. The maximum atomic E-state index is 12.9. The minimum atomic E-state index is -4.93. The molecule has 16 nitrogen and oxygen atoms in total. The van der Waals surface area contributed by atoms with Gasteiger partial charge in [-0.3, -0.25) is 32.5 Å². The van der Waals surface area contributed by atoms with Crippen LogP contribution in [0.1, 0.15) is 355 Å². The molecule has 0 radical (unpaired) electrons. The number of aliphatic hydroxyl groups is 2. The van der Waals surface area contributed by atoms with Gasteiger partial charge >= 0.3 is 33.6 Å². The largest absolute Gasteiger partial charge is 0.472 e. The van der Waals surface area contributed by atoms with E-state index in [1.165, 1.54) is 161 Å². The summed E-state index contributed by atoms with van der Waals surface area (Å²) >= 11 is 0. The Morgan fingerprint density at radius 3 is 0.819 bits per heavy atom. The number of hydrogen-bond donors (Lipinski definition) is 4. The van der Waals surface area contributed by atoms with Gasteiger partial charge in [0.15, 0.2) is 6.10 Å². The van der Waals surface area contributed by atoms with Crippen LogP contribution >= 0.6 is 15.6 Å². The zero-order chi connectivity index (χ0) is 76.6. The Morgan fingerprint density at radius 2 is 0.505 bits per heavy atom. The standard InChI is InChI=1S/C87H152O16P2/c1-4-7-10-13-16-19-22-24-26-28-30-32-34-36-38-39-40-41-43-45-46-48-50-52-54-56-59-61-64-67-70-73-85(90)97-76-82(88)77-99-104(93,94)100-78-83(89)79-101-105(95,96)102-81-84(103-87(92)75-72-69-66-63-58-21-18-15-12-9-6-3)80-98-86(91)74-71-68-65-62-60-57-55-53-51-49-47-44-42-37-35-33-31-29-27-25-23-20-17-14-11-8-5-2/h8,11,16-17,19-20,24-27,30-33,36-38,42,47,49,82-84,88-89H,4-7,9-10,12-15,18,21-23,28-29,34-35,39-41,43-46,48,50-81H2,1-3H3,(H,93,94)(H,95,96)/b11-8-,19-16-,20-17-,26-24-,27-25-,32-30-,33-31-,38-36-,42-37-,49-47-. The zero-order valence-electron chi connectivity index (χ0n) is 66.4. The molecule has 105 heavy (non-hydrogen) atoms. The molecule has 0 rings (SSSR count). The lowest BCUT2D eigenvalue weighted by molar-refractivity contribution is -0.161. The van der Waals surface area contributed by atoms with Crippen LogP contribution in [-0.4, -0.2) is 95.9 Å². The first kappa shape index (κ1) is 101. The summed E-state index contributed by atoms with van der Waals surface area (Å²) in [4.78, 5) is 58.6. The number of esters is 3. The minimum absolute atomic E-state index is 0.104. The summed E-state index contributed by atoms with van der Waals surface area (Å²) in [6.45, 7) is 2.55. The second-order valence-electron chi connectivity index (χ2n) is 27.9. The first-order chi connectivity index (χ1) is 51.2. The Labute approximate surface area is 640 Å². The quantitative estimate of drug-likeness (QED) is 0.0146. The van der Waals surface area contributed by atoms with Gasteiger partial charge < -0.3 is 34.2 Å². The van der Waals surface area contributed by atoms with Crippen LogP contribution in [-0.2, 0) is 55.8 Å². The van der Waals surface area contributed by atoms with Gasteiger partial charge in [0.25, 0.3) is 0 Å². The molecular formula is C87H152O16P2. The molecule has 0 aromatic heterocycles. The van der Waals surface area contributed by atoms with E-state index in [2.05, 4.69) is 142 Å². The predicted octanol–water partition coefficient (Wildman–Crippen LogP) is 24.9. The summed E-state index contributed by atoms with van der Waals surface area (Å²) < 4.78 is 61.2. The second-order valence-corrected chi connectivity index (χ2v) is 30.8. The number of allylic oxidation sites excluding steroid dienone is 20. The van der Waals surface area contributed by atoms with Crippen molar-refractivity contribution in [3.05, 3.63) is 122 Å². The van der Waals surface area contributed by atoms with Gasteiger partial charge in [-0.1, -0.05) is 341 Å². The molecule has 0 saturated carbocycles. The van der Waals surface area contributed by atoms with Crippen molar-refractivity contribution in [2.24, 2.45) is 0 Å². The van der Waals surface area contributed by atoms with Crippen molar-refractivity contribution < 1.29 is 75.8 Å². The maximum Gasteiger partial charge on any atom is 0.472 e. The van der Waals surface area contributed by atoms with Gasteiger partial charge in [-0.05, 0) is 116 Å². The molecule has 0 saturated heterocycles. The van der Waals surface area contributed by atoms with Crippen molar-refractivity contribution in [1.82, 2.24) is 0 Å². The lowest BCUT2D eigenvalue weighted by Crippen LogP contribution is -2.30. The highest BCUT2D eigenvalue weighted by molar-refractivity contribution is 7.47. The van der Waals surface area contributed by atoms with Gasteiger partial charge in [0.2, 0.25) is 0 Å². The summed E-state index contributed by atoms with van der Waals surface area (Å²) in [6.07, 6.45) is 95.5. The Balaban J connectivity index is 4.41. The maximum absolute atomic E-state index is 12.9. The smallest absolute Gasteiger partial charge is 0.463 e. The number of phosphoric acid groups is 2. The van der Waals surface area contributed by atoms with E-state index >= 15 is 0 Å². The average molecular weight is 1520 g/mol. The fraction of sp³-hybridized carbons (Fsp3) is 0.736. The van der Waals surface area contributed by atoms with E-state index in [-0.39, 0.29) is 19.3 Å². The van der Waals surface area contributed by atoms with Crippen molar-refractivity contribution in [2.45, 2.75) is 373 Å². The highest BCUT2D eigenvalue weighted by atomic mass is 31.2. The molecule has 5 unspecified atom stereocenters. The van der Waals surface area contributed by atoms with Gasteiger partial charge in [-0.15, -0.1) is 0 Å². The number of ether oxygens (including phenoxy) is 3. The second kappa shape index (κ2) is 79.5. The van der Waals surface area contributed by atoms with Crippen LogP contribution in [0.5, 0.6) is 0 Å². The van der Waals surface area contributed by atoms with Crippen LogP contribution in [0.2, 0.25) is 0 Å². The summed E-state index contributed by atoms with van der Waals surface area (Å²) in [6, 6.07) is 0. The highest BCUT2D eigenvalue weighted by Gasteiger charge is 2.29. The van der Waals surface area contributed by atoms with Crippen molar-refractivity contribution in [2.75, 3.05) is 39.6 Å². The number of carbonyl (C=O) groups excluding carboxylic acids is 3. The van der Waals surface area contributed by atoms with Gasteiger partial charge in [0, 0.05) is 19.3 Å². The lowest BCUT2D eigenvalue weighted by atomic mass is 10.0.